The lowest BCUT2D eigenvalue weighted by atomic mass is 9.93. The van der Waals surface area contributed by atoms with Gasteiger partial charge in [0.2, 0.25) is 0 Å². The average molecular weight is 170 g/mol. The SMILES string of the molecule is C=C[C](C)c1cccc(C)c1C#N. The van der Waals surface area contributed by atoms with Crippen LogP contribution in [0.25, 0.3) is 0 Å². The molecule has 0 bridgehead atoms. The normalized spacial score (nSPS) is 9.69. The predicted molar refractivity (Wildman–Crippen MR) is 54.1 cm³/mol. The molecule has 0 atom stereocenters. The van der Waals surface area contributed by atoms with Gasteiger partial charge < -0.3 is 0 Å². The summed E-state index contributed by atoms with van der Waals surface area (Å²) in [5.41, 5.74) is 2.75. The summed E-state index contributed by atoms with van der Waals surface area (Å²) in [6.45, 7) is 7.60. The van der Waals surface area contributed by atoms with Crippen molar-refractivity contribution in [3.05, 3.63) is 53.5 Å². The molecule has 1 nitrogen and oxygen atoms in total. The van der Waals surface area contributed by atoms with Crippen LogP contribution in [0.1, 0.15) is 23.6 Å². The Kier molecular flexibility index (Phi) is 2.87. The number of benzene rings is 1. The fourth-order valence-electron chi connectivity index (χ4n) is 1.25. The van der Waals surface area contributed by atoms with Gasteiger partial charge in [-0.25, -0.2) is 0 Å². The van der Waals surface area contributed by atoms with Crippen LogP contribution in [0.3, 0.4) is 0 Å². The van der Waals surface area contributed by atoms with Crippen LogP contribution in [0.5, 0.6) is 0 Å². The lowest BCUT2D eigenvalue weighted by Crippen LogP contribution is -1.96. The van der Waals surface area contributed by atoms with Crippen molar-refractivity contribution < 1.29 is 0 Å². The monoisotopic (exact) mass is 170 g/mol. The minimum absolute atomic E-state index is 0.750. The van der Waals surface area contributed by atoms with Gasteiger partial charge in [-0.15, -0.1) is 6.58 Å². The molecular formula is C12H12N. The quantitative estimate of drug-likeness (QED) is 0.669. The van der Waals surface area contributed by atoms with Gasteiger partial charge in [0.1, 0.15) is 0 Å². The Morgan fingerprint density at radius 3 is 2.77 bits per heavy atom. The van der Waals surface area contributed by atoms with Gasteiger partial charge in [0.05, 0.1) is 11.6 Å². The number of aryl methyl sites for hydroxylation is 1. The van der Waals surface area contributed by atoms with E-state index in [2.05, 4.69) is 12.6 Å². The van der Waals surface area contributed by atoms with E-state index in [4.69, 9.17) is 5.26 Å². The van der Waals surface area contributed by atoms with Gasteiger partial charge in [-0.05, 0) is 18.1 Å². The zero-order valence-corrected chi connectivity index (χ0v) is 7.96. The predicted octanol–water partition coefficient (Wildman–Crippen LogP) is 3.00. The molecular weight excluding hydrogens is 158 g/mol. The Labute approximate surface area is 79.3 Å². The summed E-state index contributed by atoms with van der Waals surface area (Å²) in [4.78, 5) is 0. The molecule has 0 heterocycles. The average Bonchev–Trinajstić information content (AvgIpc) is 2.16. The lowest BCUT2D eigenvalue weighted by molar-refractivity contribution is 1.22. The minimum Gasteiger partial charge on any atom is -0.192 e. The van der Waals surface area contributed by atoms with Gasteiger partial charge in [-0.2, -0.15) is 5.26 Å². The molecule has 0 aliphatic carbocycles. The maximum Gasteiger partial charge on any atom is 0.0997 e. The molecule has 0 aliphatic heterocycles. The Morgan fingerprint density at radius 2 is 2.23 bits per heavy atom. The third kappa shape index (κ3) is 1.78. The minimum atomic E-state index is 0.750. The molecule has 0 N–H and O–H groups in total. The van der Waals surface area contributed by atoms with Crippen LogP contribution in [0, 0.1) is 24.2 Å². The Bertz CT molecular complexity index is 358. The largest absolute Gasteiger partial charge is 0.192 e. The maximum atomic E-state index is 8.95. The highest BCUT2D eigenvalue weighted by molar-refractivity contribution is 5.51. The van der Waals surface area contributed by atoms with Crippen LogP contribution in [0.4, 0.5) is 0 Å². The summed E-state index contributed by atoms with van der Waals surface area (Å²) in [6, 6.07) is 8.06. The highest BCUT2D eigenvalue weighted by Gasteiger charge is 2.09. The summed E-state index contributed by atoms with van der Waals surface area (Å²) < 4.78 is 0. The van der Waals surface area contributed by atoms with Crippen LogP contribution in [0.15, 0.2) is 30.9 Å². The molecule has 1 heteroatoms. The van der Waals surface area contributed by atoms with Crippen molar-refractivity contribution in [1.29, 1.82) is 5.26 Å². The first-order chi connectivity index (χ1) is 6.20. The van der Waals surface area contributed by atoms with Crippen molar-refractivity contribution >= 4 is 0 Å². The van der Waals surface area contributed by atoms with E-state index in [9.17, 15) is 0 Å². The van der Waals surface area contributed by atoms with Gasteiger partial charge in [-0.1, -0.05) is 31.2 Å². The molecule has 0 amide bonds. The molecule has 0 fully saturated rings. The number of rotatable bonds is 2. The standard InChI is InChI=1S/C12H12N/c1-4-9(2)11-7-5-6-10(3)12(11)8-13/h4-7H,1H2,2-3H3. The number of allylic oxidation sites excluding steroid dienone is 1. The third-order valence-corrected chi connectivity index (χ3v) is 2.12. The van der Waals surface area contributed by atoms with Crippen molar-refractivity contribution in [2.45, 2.75) is 13.8 Å². The number of hydrogen-bond acceptors (Lipinski definition) is 1. The van der Waals surface area contributed by atoms with E-state index in [1.807, 2.05) is 32.0 Å². The number of nitrogens with zero attached hydrogens (tertiary/aromatic N) is 1. The van der Waals surface area contributed by atoms with Gasteiger partial charge in [-0.3, -0.25) is 0 Å². The van der Waals surface area contributed by atoms with Crippen LogP contribution < -0.4 is 0 Å². The first kappa shape index (κ1) is 9.54. The van der Waals surface area contributed by atoms with Gasteiger partial charge in [0.15, 0.2) is 0 Å². The topological polar surface area (TPSA) is 23.8 Å². The van der Waals surface area contributed by atoms with E-state index in [1.165, 1.54) is 0 Å². The zero-order valence-electron chi connectivity index (χ0n) is 7.96. The molecule has 0 aromatic heterocycles. The molecule has 65 valence electrons. The number of nitriles is 1. The van der Waals surface area contributed by atoms with E-state index in [1.54, 1.807) is 6.08 Å². The molecule has 0 aliphatic rings. The van der Waals surface area contributed by atoms with Gasteiger partial charge in [0, 0.05) is 5.92 Å². The second-order valence-corrected chi connectivity index (χ2v) is 3.00. The number of hydrogen-bond donors (Lipinski definition) is 0. The fraction of sp³-hybridized carbons (Fsp3) is 0.167. The molecule has 1 radical (unpaired) electrons. The molecule has 0 unspecified atom stereocenters. The van der Waals surface area contributed by atoms with Crippen LogP contribution >= 0.6 is 0 Å². The zero-order chi connectivity index (χ0) is 9.84. The summed E-state index contributed by atoms with van der Waals surface area (Å²) >= 11 is 0. The summed E-state index contributed by atoms with van der Waals surface area (Å²) in [5.74, 6) is 1.04. The highest BCUT2D eigenvalue weighted by Crippen LogP contribution is 2.21. The Hall–Kier alpha value is -1.55. The summed E-state index contributed by atoms with van der Waals surface area (Å²) in [6.07, 6.45) is 1.77. The van der Waals surface area contributed by atoms with E-state index >= 15 is 0 Å². The van der Waals surface area contributed by atoms with E-state index in [-0.39, 0.29) is 0 Å². The second-order valence-electron chi connectivity index (χ2n) is 3.00. The van der Waals surface area contributed by atoms with Gasteiger partial charge in [0.25, 0.3) is 0 Å². The fourth-order valence-corrected chi connectivity index (χ4v) is 1.25. The molecule has 0 saturated carbocycles. The maximum absolute atomic E-state index is 8.95. The third-order valence-electron chi connectivity index (χ3n) is 2.12. The second kappa shape index (κ2) is 3.91. The van der Waals surface area contributed by atoms with Crippen molar-refractivity contribution in [2.24, 2.45) is 0 Å². The van der Waals surface area contributed by atoms with Crippen LogP contribution in [-0.2, 0) is 0 Å². The Balaban J connectivity index is 3.29. The van der Waals surface area contributed by atoms with E-state index in [0.29, 0.717) is 0 Å². The molecule has 1 aromatic rings. The van der Waals surface area contributed by atoms with Crippen molar-refractivity contribution in [3.63, 3.8) is 0 Å². The lowest BCUT2D eigenvalue weighted by Gasteiger charge is -2.09. The van der Waals surface area contributed by atoms with Gasteiger partial charge >= 0.3 is 0 Å². The molecule has 1 aromatic carbocycles. The van der Waals surface area contributed by atoms with E-state index < -0.39 is 0 Å². The van der Waals surface area contributed by atoms with E-state index in [0.717, 1.165) is 22.6 Å². The molecule has 0 saturated heterocycles. The van der Waals surface area contributed by atoms with Crippen LogP contribution in [-0.4, -0.2) is 0 Å². The van der Waals surface area contributed by atoms with Crippen molar-refractivity contribution in [2.75, 3.05) is 0 Å². The smallest absolute Gasteiger partial charge is 0.0997 e. The molecule has 1 rings (SSSR count). The van der Waals surface area contributed by atoms with Crippen molar-refractivity contribution in [3.8, 4) is 6.07 Å². The molecule has 0 spiro atoms. The summed E-state index contributed by atoms with van der Waals surface area (Å²) in [5, 5.41) is 8.95. The van der Waals surface area contributed by atoms with Crippen LogP contribution in [0.2, 0.25) is 0 Å². The molecule has 13 heavy (non-hydrogen) atoms. The highest BCUT2D eigenvalue weighted by atomic mass is 14.3. The Morgan fingerprint density at radius 1 is 1.54 bits per heavy atom. The first-order valence-electron chi connectivity index (χ1n) is 4.16. The summed E-state index contributed by atoms with van der Waals surface area (Å²) in [7, 11) is 0. The first-order valence-corrected chi connectivity index (χ1v) is 4.16. The van der Waals surface area contributed by atoms with Crippen molar-refractivity contribution in [1.82, 2.24) is 0 Å².